The molecule has 2 aliphatic rings. The molecule has 0 saturated carbocycles. The van der Waals surface area contributed by atoms with E-state index in [-0.39, 0.29) is 48.1 Å². The summed E-state index contributed by atoms with van der Waals surface area (Å²) in [5, 5.41) is 8.97. The first-order chi connectivity index (χ1) is 24.3. The Morgan fingerprint density at radius 3 is 2.40 bits per heavy atom. The first-order valence-electron chi connectivity index (χ1n) is 17.4. The molecule has 0 spiro atoms. The van der Waals surface area contributed by atoms with Crippen molar-refractivity contribution in [2.45, 2.75) is 51.4 Å². The van der Waals surface area contributed by atoms with Gasteiger partial charge in [-0.05, 0) is 63.5 Å². The Hall–Kier alpha value is -4.43. The lowest BCUT2D eigenvalue weighted by molar-refractivity contribution is -0.172. The molecule has 0 radical (unpaired) electrons. The summed E-state index contributed by atoms with van der Waals surface area (Å²) in [6.45, 7) is 6.28. The smallest absolute Gasteiger partial charge is 0.326 e. The van der Waals surface area contributed by atoms with Crippen molar-refractivity contribution < 1.29 is 28.8 Å². The molecule has 50 heavy (non-hydrogen) atoms. The number of aliphatic hydroxyl groups is 1. The summed E-state index contributed by atoms with van der Waals surface area (Å²) in [5.41, 5.74) is 3.42. The number of imidazole rings is 1. The van der Waals surface area contributed by atoms with Gasteiger partial charge in [-0.25, -0.2) is 9.48 Å². The quantitative estimate of drug-likeness (QED) is 0.192. The van der Waals surface area contributed by atoms with Crippen LogP contribution in [0.4, 0.5) is 0 Å². The maximum absolute atomic E-state index is 14.3. The van der Waals surface area contributed by atoms with Gasteiger partial charge in [0.15, 0.2) is 5.76 Å². The highest BCUT2D eigenvalue weighted by atomic mass is 16.7. The average Bonchev–Trinajstić information content (AvgIpc) is 3.58. The molecule has 2 aromatic heterocycles. The molecule has 3 unspecified atom stereocenters. The van der Waals surface area contributed by atoms with Crippen LogP contribution in [0.25, 0.3) is 16.7 Å². The van der Waals surface area contributed by atoms with Gasteiger partial charge in [-0.3, -0.25) is 18.8 Å². The number of likely N-dealkylation sites (tertiary alicyclic amines) is 1. The molecule has 4 aromatic rings. The lowest BCUT2D eigenvalue weighted by Crippen LogP contribution is -2.44. The number of aliphatic hydroxyl groups excluding tert-OH is 1. The monoisotopic (exact) mass is 689 g/mol. The third-order valence-electron chi connectivity index (χ3n) is 9.80. The van der Waals surface area contributed by atoms with Crippen LogP contribution >= 0.6 is 0 Å². The molecule has 2 aliphatic heterocycles. The second-order valence-corrected chi connectivity index (χ2v) is 12.7. The Labute approximate surface area is 290 Å². The van der Waals surface area contributed by atoms with Crippen LogP contribution in [0.15, 0.2) is 76.0 Å². The number of nitrogens with zero attached hydrogens (tertiary/aromatic N) is 4. The molecule has 4 heterocycles. The van der Waals surface area contributed by atoms with E-state index < -0.39 is 12.2 Å². The molecule has 3 atom stereocenters. The molecule has 1 saturated heterocycles. The van der Waals surface area contributed by atoms with E-state index in [2.05, 4.69) is 4.98 Å². The van der Waals surface area contributed by atoms with Gasteiger partial charge < -0.3 is 33.9 Å². The number of fused-ring (bicyclic) bond motifs is 1. The summed E-state index contributed by atoms with van der Waals surface area (Å²) in [6.07, 6.45) is 2.72. The summed E-state index contributed by atoms with van der Waals surface area (Å²) in [5.74, 6) is -0.946. The first-order valence-corrected chi connectivity index (χ1v) is 17.4. The second kappa shape index (κ2) is 16.1. The van der Waals surface area contributed by atoms with Crippen LogP contribution < -0.4 is 11.2 Å². The van der Waals surface area contributed by atoms with Gasteiger partial charge in [0.1, 0.15) is 0 Å². The Bertz CT molecular complexity index is 1900. The molecule has 268 valence electrons. The predicted molar refractivity (Wildman–Crippen MR) is 187 cm³/mol. The fraction of sp³-hybridized carbons (Fsp3) is 0.486. The maximum Gasteiger partial charge on any atom is 0.326 e. The van der Waals surface area contributed by atoms with E-state index in [1.807, 2.05) is 80.2 Å². The van der Waals surface area contributed by atoms with Crippen LogP contribution in [0.5, 0.6) is 0 Å². The zero-order valence-electron chi connectivity index (χ0n) is 29.0. The maximum atomic E-state index is 14.3. The number of aromatic nitrogens is 4. The predicted octanol–water partition coefficient (Wildman–Crippen LogP) is 3.38. The van der Waals surface area contributed by atoms with E-state index in [1.54, 1.807) is 20.2 Å². The molecule has 13 nitrogen and oxygen atoms in total. The highest BCUT2D eigenvalue weighted by Crippen LogP contribution is 2.40. The Morgan fingerprint density at radius 2 is 1.68 bits per heavy atom. The average molecular weight is 690 g/mol. The van der Waals surface area contributed by atoms with Gasteiger partial charge in [0, 0.05) is 62.5 Å². The van der Waals surface area contributed by atoms with Gasteiger partial charge in [-0.2, -0.15) is 0 Å². The number of aromatic amines is 1. The zero-order chi connectivity index (χ0) is 35.2. The lowest BCUT2D eigenvalue weighted by atomic mass is 9.81. The van der Waals surface area contributed by atoms with E-state index in [9.17, 15) is 14.4 Å². The second-order valence-electron chi connectivity index (χ2n) is 12.7. The third-order valence-corrected chi connectivity index (χ3v) is 9.80. The standard InChI is InChI=1S/C37H47N5O8/c1-4-49-36-28(16-20-47-22-23-48-21-19-43)29(33-25(2)39(3)42(35(33)45)27-10-6-5-7-11-27)24-32(50-36)34(44)40-17-14-26(15-18-40)41-31-13-9-8-12-30(31)38-37(41)46/h5-13,24,26,28-29,36,43H,4,14-23H2,1-3H3,(H,38,46). The number of ether oxygens (including phenoxy) is 4. The minimum atomic E-state index is -0.797. The lowest BCUT2D eigenvalue weighted by Gasteiger charge is -2.38. The number of carbonyl (C=O) groups excluding carboxylic acids is 1. The number of hydrogen-bond donors (Lipinski definition) is 2. The van der Waals surface area contributed by atoms with Gasteiger partial charge in [0.25, 0.3) is 11.5 Å². The highest BCUT2D eigenvalue weighted by Gasteiger charge is 2.42. The zero-order valence-corrected chi connectivity index (χ0v) is 29.0. The Balaban J connectivity index is 1.28. The van der Waals surface area contributed by atoms with Gasteiger partial charge in [0.2, 0.25) is 6.29 Å². The minimum Gasteiger partial charge on any atom is -0.459 e. The fourth-order valence-corrected chi connectivity index (χ4v) is 7.26. The molecule has 0 aliphatic carbocycles. The van der Waals surface area contributed by atoms with E-state index in [1.165, 1.54) is 0 Å². The van der Waals surface area contributed by atoms with Gasteiger partial charge in [-0.15, -0.1) is 0 Å². The van der Waals surface area contributed by atoms with E-state index in [0.717, 1.165) is 22.4 Å². The molecule has 2 N–H and O–H groups in total. The summed E-state index contributed by atoms with van der Waals surface area (Å²) in [6, 6.07) is 17.1. The number of benzene rings is 2. The van der Waals surface area contributed by atoms with Gasteiger partial charge >= 0.3 is 5.69 Å². The van der Waals surface area contributed by atoms with Crippen molar-refractivity contribution in [1.82, 2.24) is 23.8 Å². The number of carbonyl (C=O) groups is 1. The van der Waals surface area contributed by atoms with Gasteiger partial charge in [0.05, 0.1) is 43.1 Å². The molecular formula is C37H47N5O8. The fourth-order valence-electron chi connectivity index (χ4n) is 7.26. The molecule has 2 aromatic carbocycles. The summed E-state index contributed by atoms with van der Waals surface area (Å²) in [7, 11) is 1.86. The molecule has 13 heteroatoms. The third kappa shape index (κ3) is 7.22. The number of allylic oxidation sites excluding steroid dienone is 1. The number of amides is 1. The van der Waals surface area contributed by atoms with Crippen LogP contribution in [-0.4, -0.2) is 93.8 Å². The van der Waals surface area contributed by atoms with Crippen molar-refractivity contribution in [3.63, 3.8) is 0 Å². The summed E-state index contributed by atoms with van der Waals surface area (Å²) < 4.78 is 29.0. The topological polar surface area (TPSA) is 142 Å². The minimum absolute atomic E-state index is 0.0466. The Kier molecular flexibility index (Phi) is 11.4. The van der Waals surface area contributed by atoms with Crippen molar-refractivity contribution in [3.05, 3.63) is 98.5 Å². The molecular weight excluding hydrogens is 642 g/mol. The van der Waals surface area contributed by atoms with Crippen molar-refractivity contribution in [2.75, 3.05) is 52.7 Å². The van der Waals surface area contributed by atoms with Crippen molar-refractivity contribution in [1.29, 1.82) is 0 Å². The number of para-hydroxylation sites is 3. The van der Waals surface area contributed by atoms with Crippen molar-refractivity contribution in [3.8, 4) is 5.69 Å². The number of rotatable bonds is 14. The van der Waals surface area contributed by atoms with E-state index >= 15 is 0 Å². The molecule has 0 bridgehead atoms. The molecule has 1 fully saturated rings. The summed E-state index contributed by atoms with van der Waals surface area (Å²) >= 11 is 0. The van der Waals surface area contributed by atoms with E-state index in [4.69, 9.17) is 24.1 Å². The SMILES string of the molecule is CCOC1OC(C(=O)N2CCC(n3c(=O)[nH]c4ccccc43)CC2)=CC(c2c(C)n(C)n(-c3ccccc3)c2=O)C1CCOCCOCCO. The Morgan fingerprint density at radius 1 is 0.980 bits per heavy atom. The van der Waals surface area contributed by atoms with Crippen LogP contribution in [-0.2, 0) is 30.8 Å². The summed E-state index contributed by atoms with van der Waals surface area (Å²) in [4.78, 5) is 46.0. The highest BCUT2D eigenvalue weighted by molar-refractivity contribution is 5.92. The number of H-pyrrole nitrogens is 1. The van der Waals surface area contributed by atoms with Crippen LogP contribution in [0.3, 0.4) is 0 Å². The first kappa shape index (κ1) is 35.4. The number of piperidine rings is 1. The largest absolute Gasteiger partial charge is 0.459 e. The van der Waals surface area contributed by atoms with E-state index in [0.29, 0.717) is 64.3 Å². The van der Waals surface area contributed by atoms with Gasteiger partial charge in [-0.1, -0.05) is 30.3 Å². The van der Waals surface area contributed by atoms with Crippen molar-refractivity contribution in [2.24, 2.45) is 13.0 Å². The van der Waals surface area contributed by atoms with Crippen LogP contribution in [0.2, 0.25) is 0 Å². The number of hydrogen-bond acceptors (Lipinski definition) is 8. The normalized spacial score (nSPS) is 19.9. The number of nitrogens with one attached hydrogen (secondary N) is 1. The van der Waals surface area contributed by atoms with Crippen LogP contribution in [0, 0.1) is 12.8 Å². The van der Waals surface area contributed by atoms with Crippen LogP contribution in [0.1, 0.15) is 49.4 Å². The van der Waals surface area contributed by atoms with Crippen molar-refractivity contribution >= 4 is 16.9 Å². The molecule has 6 rings (SSSR count). The molecule has 1 amide bonds.